The SMILES string of the molecule is CC1(Oc2cccc3c2CNCC3)CCCOC1. The van der Waals surface area contributed by atoms with E-state index in [0.29, 0.717) is 6.61 Å². The van der Waals surface area contributed by atoms with E-state index < -0.39 is 0 Å². The summed E-state index contributed by atoms with van der Waals surface area (Å²) in [4.78, 5) is 0. The van der Waals surface area contributed by atoms with Crippen molar-refractivity contribution in [1.29, 1.82) is 0 Å². The lowest BCUT2D eigenvalue weighted by Crippen LogP contribution is -2.41. The van der Waals surface area contributed by atoms with Gasteiger partial charge in [0.25, 0.3) is 0 Å². The van der Waals surface area contributed by atoms with Crippen molar-refractivity contribution in [3.8, 4) is 5.75 Å². The van der Waals surface area contributed by atoms with Crippen molar-refractivity contribution in [2.45, 2.75) is 38.3 Å². The molecule has 0 bridgehead atoms. The van der Waals surface area contributed by atoms with E-state index >= 15 is 0 Å². The lowest BCUT2D eigenvalue weighted by Gasteiger charge is -2.35. The molecule has 3 nitrogen and oxygen atoms in total. The van der Waals surface area contributed by atoms with Crippen LogP contribution in [0.4, 0.5) is 0 Å². The fourth-order valence-corrected chi connectivity index (χ4v) is 2.83. The Morgan fingerprint density at radius 2 is 2.33 bits per heavy atom. The van der Waals surface area contributed by atoms with Gasteiger partial charge in [0.2, 0.25) is 0 Å². The second-order valence-electron chi connectivity index (χ2n) is 5.53. The summed E-state index contributed by atoms with van der Waals surface area (Å²) in [7, 11) is 0. The average Bonchev–Trinajstić information content (AvgIpc) is 2.40. The highest BCUT2D eigenvalue weighted by atomic mass is 16.5. The zero-order valence-electron chi connectivity index (χ0n) is 11.0. The number of fused-ring (bicyclic) bond motifs is 1. The largest absolute Gasteiger partial charge is 0.485 e. The van der Waals surface area contributed by atoms with Gasteiger partial charge in [-0.1, -0.05) is 12.1 Å². The van der Waals surface area contributed by atoms with Crippen LogP contribution in [-0.4, -0.2) is 25.4 Å². The molecular weight excluding hydrogens is 226 g/mol. The van der Waals surface area contributed by atoms with E-state index in [4.69, 9.17) is 9.47 Å². The molecule has 0 saturated carbocycles. The van der Waals surface area contributed by atoms with Crippen molar-refractivity contribution < 1.29 is 9.47 Å². The van der Waals surface area contributed by atoms with Crippen LogP contribution in [0.5, 0.6) is 5.75 Å². The van der Waals surface area contributed by atoms with E-state index in [2.05, 4.69) is 30.4 Å². The molecule has 0 aliphatic carbocycles. The molecule has 2 aliphatic heterocycles. The maximum atomic E-state index is 6.28. The van der Waals surface area contributed by atoms with Gasteiger partial charge in [-0.3, -0.25) is 0 Å². The van der Waals surface area contributed by atoms with Crippen LogP contribution in [0.25, 0.3) is 0 Å². The van der Waals surface area contributed by atoms with Crippen molar-refractivity contribution in [2.75, 3.05) is 19.8 Å². The van der Waals surface area contributed by atoms with Crippen molar-refractivity contribution in [1.82, 2.24) is 5.32 Å². The molecular formula is C15H21NO2. The Morgan fingerprint density at radius 3 is 3.17 bits per heavy atom. The van der Waals surface area contributed by atoms with Gasteiger partial charge in [-0.15, -0.1) is 0 Å². The van der Waals surface area contributed by atoms with Gasteiger partial charge >= 0.3 is 0 Å². The van der Waals surface area contributed by atoms with E-state index in [1.165, 1.54) is 11.1 Å². The monoisotopic (exact) mass is 247 g/mol. The standard InChI is InChI=1S/C15H21NO2/c1-15(7-3-9-17-11-15)18-14-5-2-4-12-6-8-16-10-13(12)14/h2,4-5,16H,3,6-11H2,1H3. The second-order valence-corrected chi connectivity index (χ2v) is 5.53. The highest BCUT2D eigenvalue weighted by Crippen LogP contribution is 2.31. The molecule has 3 heteroatoms. The molecule has 1 saturated heterocycles. The van der Waals surface area contributed by atoms with E-state index in [1.807, 2.05) is 0 Å². The van der Waals surface area contributed by atoms with Crippen molar-refractivity contribution in [3.63, 3.8) is 0 Å². The minimum atomic E-state index is -0.162. The molecule has 0 spiro atoms. The van der Waals surface area contributed by atoms with E-state index in [0.717, 1.165) is 44.7 Å². The minimum absolute atomic E-state index is 0.162. The molecule has 2 heterocycles. The minimum Gasteiger partial charge on any atom is -0.485 e. The lowest BCUT2D eigenvalue weighted by molar-refractivity contribution is -0.0568. The molecule has 1 N–H and O–H groups in total. The van der Waals surface area contributed by atoms with Gasteiger partial charge in [-0.05, 0) is 44.4 Å². The summed E-state index contributed by atoms with van der Waals surface area (Å²) in [6, 6.07) is 6.40. The van der Waals surface area contributed by atoms with Gasteiger partial charge in [-0.2, -0.15) is 0 Å². The van der Waals surface area contributed by atoms with Crippen LogP contribution in [0, 0.1) is 0 Å². The quantitative estimate of drug-likeness (QED) is 0.869. The Morgan fingerprint density at radius 1 is 1.39 bits per heavy atom. The summed E-state index contributed by atoms with van der Waals surface area (Å²) >= 11 is 0. The Balaban J connectivity index is 1.83. The van der Waals surface area contributed by atoms with Crippen LogP contribution in [0.3, 0.4) is 0 Å². The molecule has 1 aromatic carbocycles. The third-order valence-electron chi connectivity index (χ3n) is 3.86. The molecule has 1 atom stereocenters. The first-order chi connectivity index (χ1) is 8.77. The predicted octanol–water partition coefficient (Wildman–Crippen LogP) is 2.28. The van der Waals surface area contributed by atoms with Gasteiger partial charge in [0.05, 0.1) is 6.61 Å². The average molecular weight is 247 g/mol. The Bertz CT molecular complexity index is 425. The molecule has 1 fully saturated rings. The summed E-state index contributed by atoms with van der Waals surface area (Å²) in [6.07, 6.45) is 3.26. The van der Waals surface area contributed by atoms with Crippen LogP contribution >= 0.6 is 0 Å². The zero-order chi connectivity index (χ0) is 12.4. The highest BCUT2D eigenvalue weighted by Gasteiger charge is 2.30. The maximum absolute atomic E-state index is 6.28. The summed E-state index contributed by atoms with van der Waals surface area (Å²) in [5.74, 6) is 1.03. The molecule has 18 heavy (non-hydrogen) atoms. The van der Waals surface area contributed by atoms with Gasteiger partial charge in [0.1, 0.15) is 11.4 Å². The topological polar surface area (TPSA) is 30.5 Å². The fourth-order valence-electron chi connectivity index (χ4n) is 2.83. The van der Waals surface area contributed by atoms with Crippen LogP contribution in [0.15, 0.2) is 18.2 Å². The predicted molar refractivity (Wildman–Crippen MR) is 70.9 cm³/mol. The molecule has 0 radical (unpaired) electrons. The van der Waals surface area contributed by atoms with Crippen LogP contribution in [-0.2, 0) is 17.7 Å². The highest BCUT2D eigenvalue weighted by molar-refractivity contribution is 5.42. The van der Waals surface area contributed by atoms with E-state index in [1.54, 1.807) is 0 Å². The van der Waals surface area contributed by atoms with Gasteiger partial charge < -0.3 is 14.8 Å². The molecule has 2 aliphatic rings. The molecule has 3 rings (SSSR count). The van der Waals surface area contributed by atoms with Crippen molar-refractivity contribution in [2.24, 2.45) is 0 Å². The molecule has 1 aromatic rings. The number of benzene rings is 1. The van der Waals surface area contributed by atoms with Crippen molar-refractivity contribution in [3.05, 3.63) is 29.3 Å². The first kappa shape index (κ1) is 12.0. The first-order valence-corrected chi connectivity index (χ1v) is 6.85. The van der Waals surface area contributed by atoms with Gasteiger partial charge in [-0.25, -0.2) is 0 Å². The number of hydrogen-bond donors (Lipinski definition) is 1. The summed E-state index contributed by atoms with van der Waals surface area (Å²) < 4.78 is 11.8. The molecule has 98 valence electrons. The number of ether oxygens (including phenoxy) is 2. The normalized spacial score (nSPS) is 27.6. The maximum Gasteiger partial charge on any atom is 0.129 e. The van der Waals surface area contributed by atoms with E-state index in [-0.39, 0.29) is 5.60 Å². The number of nitrogens with one attached hydrogen (secondary N) is 1. The first-order valence-electron chi connectivity index (χ1n) is 6.85. The smallest absolute Gasteiger partial charge is 0.129 e. The fraction of sp³-hybridized carbons (Fsp3) is 0.600. The number of hydrogen-bond acceptors (Lipinski definition) is 3. The molecule has 1 unspecified atom stereocenters. The Hall–Kier alpha value is -1.06. The van der Waals surface area contributed by atoms with Gasteiger partial charge in [0.15, 0.2) is 0 Å². The zero-order valence-corrected chi connectivity index (χ0v) is 11.0. The van der Waals surface area contributed by atoms with Crippen LogP contribution in [0.2, 0.25) is 0 Å². The number of rotatable bonds is 2. The Labute approximate surface area is 108 Å². The van der Waals surface area contributed by atoms with Gasteiger partial charge in [0, 0.05) is 18.7 Å². The molecule has 0 aromatic heterocycles. The second kappa shape index (κ2) is 4.90. The van der Waals surface area contributed by atoms with Crippen LogP contribution < -0.4 is 10.1 Å². The van der Waals surface area contributed by atoms with Crippen LogP contribution in [0.1, 0.15) is 30.9 Å². The summed E-state index contributed by atoms with van der Waals surface area (Å²) in [5, 5.41) is 3.42. The van der Waals surface area contributed by atoms with E-state index in [9.17, 15) is 0 Å². The molecule has 0 amide bonds. The Kier molecular flexibility index (Phi) is 3.27. The third kappa shape index (κ3) is 2.38. The lowest BCUT2D eigenvalue weighted by atomic mass is 9.97. The summed E-state index contributed by atoms with van der Waals surface area (Å²) in [5.41, 5.74) is 2.59. The van der Waals surface area contributed by atoms with Crippen molar-refractivity contribution >= 4 is 0 Å². The summed E-state index contributed by atoms with van der Waals surface area (Å²) in [6.45, 7) is 5.71. The third-order valence-corrected chi connectivity index (χ3v) is 3.86.